The van der Waals surface area contributed by atoms with E-state index in [2.05, 4.69) is 10.1 Å². The summed E-state index contributed by atoms with van der Waals surface area (Å²) >= 11 is 0. The van der Waals surface area contributed by atoms with Crippen LogP contribution < -0.4 is 0 Å². The van der Waals surface area contributed by atoms with E-state index in [4.69, 9.17) is 9.26 Å². The molecule has 1 N–H and O–H groups in total. The lowest BCUT2D eigenvalue weighted by Gasteiger charge is -2.26. The molecule has 0 saturated carbocycles. The first-order valence-electron chi connectivity index (χ1n) is 6.61. The summed E-state index contributed by atoms with van der Waals surface area (Å²) in [6.07, 6.45) is 1.83. The van der Waals surface area contributed by atoms with E-state index in [9.17, 15) is 5.11 Å². The molecule has 1 aromatic heterocycles. The number of methoxy groups -OCH3 is 1. The molecular weight excluding hydrogens is 232 g/mol. The number of rotatable bonds is 7. The molecule has 5 heteroatoms. The summed E-state index contributed by atoms with van der Waals surface area (Å²) in [5, 5.41) is 13.7. The third kappa shape index (κ3) is 2.72. The predicted molar refractivity (Wildman–Crippen MR) is 68.3 cm³/mol. The van der Waals surface area contributed by atoms with Crippen molar-refractivity contribution in [3.05, 3.63) is 11.7 Å². The van der Waals surface area contributed by atoms with Gasteiger partial charge in [-0.2, -0.15) is 4.98 Å². The quantitative estimate of drug-likeness (QED) is 0.812. The number of aliphatic hydroxyl groups excluding tert-OH is 1. The Bertz CT molecular complexity index is 351. The lowest BCUT2D eigenvalue weighted by Crippen LogP contribution is -2.28. The van der Waals surface area contributed by atoms with Gasteiger partial charge in [-0.15, -0.1) is 0 Å². The molecule has 1 aromatic rings. The highest BCUT2D eigenvalue weighted by atomic mass is 16.5. The molecule has 0 amide bonds. The molecule has 0 radical (unpaired) electrons. The summed E-state index contributed by atoms with van der Waals surface area (Å²) < 4.78 is 10.9. The second-order valence-corrected chi connectivity index (χ2v) is 4.62. The molecular formula is C13H24N2O3. The molecule has 0 fully saturated rings. The van der Waals surface area contributed by atoms with E-state index in [0.717, 1.165) is 19.3 Å². The van der Waals surface area contributed by atoms with Crippen molar-refractivity contribution in [1.29, 1.82) is 0 Å². The van der Waals surface area contributed by atoms with Crippen molar-refractivity contribution >= 4 is 0 Å². The number of aliphatic hydroxyl groups is 1. The Kier molecular flexibility index (Phi) is 5.28. The summed E-state index contributed by atoms with van der Waals surface area (Å²) in [6.45, 7) is 7.80. The Morgan fingerprint density at radius 3 is 2.33 bits per heavy atom. The Morgan fingerprint density at radius 1 is 1.33 bits per heavy atom. The zero-order chi connectivity index (χ0) is 13.8. The third-order valence-corrected chi connectivity index (χ3v) is 3.72. The summed E-state index contributed by atoms with van der Waals surface area (Å²) in [5.41, 5.74) is -0.487. The first kappa shape index (κ1) is 15.1. The molecule has 104 valence electrons. The minimum absolute atomic E-state index is 0.116. The van der Waals surface area contributed by atoms with Gasteiger partial charge in [0.1, 0.15) is 5.60 Å². The Hall–Kier alpha value is -0.940. The maximum Gasteiger partial charge on any atom is 0.232 e. The Morgan fingerprint density at radius 2 is 1.94 bits per heavy atom. The number of hydrogen-bond acceptors (Lipinski definition) is 5. The van der Waals surface area contributed by atoms with E-state index in [0.29, 0.717) is 11.7 Å². The maximum absolute atomic E-state index is 9.69. The molecule has 0 aromatic carbocycles. The van der Waals surface area contributed by atoms with Gasteiger partial charge in [-0.3, -0.25) is 0 Å². The predicted octanol–water partition coefficient (Wildman–Crippen LogP) is 2.61. The van der Waals surface area contributed by atoms with Crippen molar-refractivity contribution in [2.24, 2.45) is 0 Å². The smallest absolute Gasteiger partial charge is 0.232 e. The van der Waals surface area contributed by atoms with Gasteiger partial charge in [-0.1, -0.05) is 25.9 Å². The highest BCUT2D eigenvalue weighted by Crippen LogP contribution is 2.32. The molecule has 18 heavy (non-hydrogen) atoms. The first-order valence-corrected chi connectivity index (χ1v) is 6.61. The highest BCUT2D eigenvalue weighted by Gasteiger charge is 2.35. The van der Waals surface area contributed by atoms with Crippen molar-refractivity contribution in [1.82, 2.24) is 10.1 Å². The highest BCUT2D eigenvalue weighted by molar-refractivity contribution is 5.04. The van der Waals surface area contributed by atoms with Crippen LogP contribution in [0.2, 0.25) is 0 Å². The van der Waals surface area contributed by atoms with Crippen molar-refractivity contribution in [3.63, 3.8) is 0 Å². The summed E-state index contributed by atoms with van der Waals surface area (Å²) in [7, 11) is 1.66. The second kappa shape index (κ2) is 6.29. The van der Waals surface area contributed by atoms with Crippen molar-refractivity contribution in [2.45, 2.75) is 64.6 Å². The van der Waals surface area contributed by atoms with Crippen molar-refractivity contribution in [2.75, 3.05) is 7.11 Å². The molecule has 1 heterocycles. The average molecular weight is 256 g/mol. The summed E-state index contributed by atoms with van der Waals surface area (Å²) in [6, 6.07) is 0. The molecule has 0 saturated heterocycles. The minimum atomic E-state index is -0.497. The van der Waals surface area contributed by atoms with E-state index in [1.807, 2.05) is 20.8 Å². The molecule has 2 atom stereocenters. The normalized spacial score (nSPS) is 15.7. The van der Waals surface area contributed by atoms with Gasteiger partial charge in [0, 0.05) is 7.11 Å². The fourth-order valence-corrected chi connectivity index (χ4v) is 2.24. The van der Waals surface area contributed by atoms with E-state index >= 15 is 0 Å². The monoisotopic (exact) mass is 256 g/mol. The van der Waals surface area contributed by atoms with E-state index in [-0.39, 0.29) is 5.92 Å². The van der Waals surface area contributed by atoms with Crippen LogP contribution in [-0.2, 0) is 10.3 Å². The summed E-state index contributed by atoms with van der Waals surface area (Å²) in [5.74, 6) is 0.949. The second-order valence-electron chi connectivity index (χ2n) is 4.62. The Balaban J connectivity index is 3.04. The molecule has 0 aliphatic rings. The zero-order valence-electron chi connectivity index (χ0n) is 11.9. The first-order chi connectivity index (χ1) is 8.54. The standard InChI is InChI=1S/C13H24N2O3/c1-6-10(9(4)16)11-14-12(15-18-11)13(7-2,8-3)17-5/h9-10,16H,6-8H2,1-5H3. The van der Waals surface area contributed by atoms with Gasteiger partial charge in [-0.05, 0) is 26.2 Å². The average Bonchev–Trinajstić information content (AvgIpc) is 2.83. The van der Waals surface area contributed by atoms with Crippen LogP contribution in [0.5, 0.6) is 0 Å². The number of hydrogen-bond donors (Lipinski definition) is 1. The maximum atomic E-state index is 9.69. The number of ether oxygens (including phenoxy) is 1. The van der Waals surface area contributed by atoms with Crippen LogP contribution in [0.25, 0.3) is 0 Å². The largest absolute Gasteiger partial charge is 0.393 e. The van der Waals surface area contributed by atoms with Crippen LogP contribution in [0.1, 0.15) is 64.6 Å². The van der Waals surface area contributed by atoms with Crippen LogP contribution in [-0.4, -0.2) is 28.5 Å². The fraction of sp³-hybridized carbons (Fsp3) is 0.846. The SMILES string of the molecule is CCC(c1nc(C(CC)(CC)OC)no1)C(C)O. The van der Waals surface area contributed by atoms with Gasteiger partial charge in [0.25, 0.3) is 0 Å². The lowest BCUT2D eigenvalue weighted by atomic mass is 9.96. The topological polar surface area (TPSA) is 68.4 Å². The van der Waals surface area contributed by atoms with E-state index < -0.39 is 11.7 Å². The van der Waals surface area contributed by atoms with Gasteiger partial charge in [0.2, 0.25) is 11.7 Å². The molecule has 0 aliphatic carbocycles. The van der Waals surface area contributed by atoms with E-state index in [1.54, 1.807) is 14.0 Å². The molecule has 1 rings (SSSR count). The van der Waals surface area contributed by atoms with Gasteiger partial charge in [0.15, 0.2) is 0 Å². The van der Waals surface area contributed by atoms with Gasteiger partial charge < -0.3 is 14.4 Å². The molecule has 5 nitrogen and oxygen atoms in total. The zero-order valence-corrected chi connectivity index (χ0v) is 11.9. The third-order valence-electron chi connectivity index (χ3n) is 3.72. The lowest BCUT2D eigenvalue weighted by molar-refractivity contribution is -0.0306. The molecule has 0 bridgehead atoms. The van der Waals surface area contributed by atoms with Gasteiger partial charge in [-0.25, -0.2) is 0 Å². The van der Waals surface area contributed by atoms with Crippen LogP contribution in [0.3, 0.4) is 0 Å². The fourth-order valence-electron chi connectivity index (χ4n) is 2.24. The number of nitrogens with zero attached hydrogens (tertiary/aromatic N) is 2. The van der Waals surface area contributed by atoms with Crippen molar-refractivity contribution in [3.8, 4) is 0 Å². The van der Waals surface area contributed by atoms with Crippen LogP contribution in [0.4, 0.5) is 0 Å². The minimum Gasteiger partial charge on any atom is -0.393 e. The molecule has 2 unspecified atom stereocenters. The Labute approximate surface area is 109 Å². The summed E-state index contributed by atoms with van der Waals surface area (Å²) in [4.78, 5) is 4.42. The molecule has 0 spiro atoms. The van der Waals surface area contributed by atoms with Crippen molar-refractivity contribution < 1.29 is 14.4 Å². The van der Waals surface area contributed by atoms with Crippen LogP contribution in [0.15, 0.2) is 4.52 Å². The van der Waals surface area contributed by atoms with Crippen LogP contribution in [0, 0.1) is 0 Å². The number of aromatic nitrogens is 2. The van der Waals surface area contributed by atoms with Gasteiger partial charge >= 0.3 is 0 Å². The van der Waals surface area contributed by atoms with Gasteiger partial charge in [0.05, 0.1) is 12.0 Å². The van der Waals surface area contributed by atoms with Crippen LogP contribution >= 0.6 is 0 Å². The molecule has 0 aliphatic heterocycles. The van der Waals surface area contributed by atoms with E-state index in [1.165, 1.54) is 0 Å².